The summed E-state index contributed by atoms with van der Waals surface area (Å²) in [5.74, 6) is 0.836. The van der Waals surface area contributed by atoms with Crippen LogP contribution in [0.5, 0.6) is 0 Å². The lowest BCUT2D eigenvalue weighted by atomic mass is 9.91. The monoisotopic (exact) mass is 171 g/mol. The topological polar surface area (TPSA) is 21.3 Å². The molecule has 2 nitrogen and oxygen atoms in total. The number of rotatable bonds is 3. The quantitative estimate of drug-likeness (QED) is 0.699. The van der Waals surface area contributed by atoms with Gasteiger partial charge in [0.05, 0.1) is 0 Å². The summed E-state index contributed by atoms with van der Waals surface area (Å²) < 4.78 is 5.44. The summed E-state index contributed by atoms with van der Waals surface area (Å²) in [6.07, 6.45) is 5.04. The highest BCUT2D eigenvalue weighted by atomic mass is 16.5. The summed E-state index contributed by atoms with van der Waals surface area (Å²) in [5, 5.41) is 3.39. The molecular formula is C10H21NO. The second-order valence-corrected chi connectivity index (χ2v) is 3.61. The first kappa shape index (κ1) is 10.0. The van der Waals surface area contributed by atoms with Gasteiger partial charge in [-0.05, 0) is 38.6 Å². The molecule has 0 aromatic heterocycles. The Hall–Kier alpha value is -0.0800. The Labute approximate surface area is 75.7 Å². The molecule has 0 spiro atoms. The molecule has 0 bridgehead atoms. The normalized spacial score (nSPS) is 28.0. The van der Waals surface area contributed by atoms with E-state index >= 15 is 0 Å². The van der Waals surface area contributed by atoms with E-state index in [2.05, 4.69) is 19.3 Å². The molecule has 1 aliphatic rings. The molecule has 0 aromatic carbocycles. The fourth-order valence-corrected chi connectivity index (χ4v) is 2.10. The molecule has 1 N–H and O–H groups in total. The lowest BCUT2D eigenvalue weighted by Gasteiger charge is -2.23. The molecule has 2 heteroatoms. The van der Waals surface area contributed by atoms with Crippen molar-refractivity contribution in [3.05, 3.63) is 0 Å². The highest BCUT2D eigenvalue weighted by Crippen LogP contribution is 2.20. The van der Waals surface area contributed by atoms with E-state index in [4.69, 9.17) is 4.74 Å². The first-order valence-electron chi connectivity index (χ1n) is 5.13. The van der Waals surface area contributed by atoms with Crippen molar-refractivity contribution >= 4 is 0 Å². The third kappa shape index (κ3) is 2.76. The van der Waals surface area contributed by atoms with Crippen LogP contribution in [0.2, 0.25) is 0 Å². The van der Waals surface area contributed by atoms with Gasteiger partial charge in [0.25, 0.3) is 0 Å². The van der Waals surface area contributed by atoms with Crippen molar-refractivity contribution in [2.24, 2.45) is 5.92 Å². The van der Waals surface area contributed by atoms with Crippen molar-refractivity contribution in [1.82, 2.24) is 5.32 Å². The molecule has 2 atom stereocenters. The number of hydrogen-bond acceptors (Lipinski definition) is 2. The van der Waals surface area contributed by atoms with Crippen LogP contribution in [0.1, 0.15) is 32.6 Å². The van der Waals surface area contributed by atoms with Crippen LogP contribution in [-0.4, -0.2) is 26.3 Å². The minimum atomic E-state index is 0.701. The summed E-state index contributed by atoms with van der Waals surface area (Å²) in [4.78, 5) is 0. The van der Waals surface area contributed by atoms with Crippen molar-refractivity contribution in [3.8, 4) is 0 Å². The van der Waals surface area contributed by atoms with E-state index in [1.165, 1.54) is 25.7 Å². The second kappa shape index (κ2) is 5.55. The van der Waals surface area contributed by atoms with Crippen LogP contribution in [0.15, 0.2) is 0 Å². The van der Waals surface area contributed by atoms with E-state index in [-0.39, 0.29) is 0 Å². The van der Waals surface area contributed by atoms with Crippen LogP contribution in [0.4, 0.5) is 0 Å². The average molecular weight is 171 g/mol. The molecule has 0 radical (unpaired) electrons. The van der Waals surface area contributed by atoms with Crippen molar-refractivity contribution < 1.29 is 4.74 Å². The van der Waals surface area contributed by atoms with Gasteiger partial charge in [0.2, 0.25) is 0 Å². The van der Waals surface area contributed by atoms with E-state index in [0.717, 1.165) is 19.1 Å². The maximum absolute atomic E-state index is 5.44. The zero-order valence-electron chi connectivity index (χ0n) is 8.31. The summed E-state index contributed by atoms with van der Waals surface area (Å²) >= 11 is 0. The van der Waals surface area contributed by atoms with Gasteiger partial charge in [-0.2, -0.15) is 0 Å². The van der Waals surface area contributed by atoms with Gasteiger partial charge in [-0.25, -0.2) is 0 Å². The fraction of sp³-hybridized carbons (Fsp3) is 1.00. The molecule has 0 aliphatic carbocycles. The van der Waals surface area contributed by atoms with Crippen LogP contribution in [0.25, 0.3) is 0 Å². The van der Waals surface area contributed by atoms with Crippen LogP contribution < -0.4 is 5.32 Å². The van der Waals surface area contributed by atoms with Gasteiger partial charge in [-0.1, -0.05) is 6.92 Å². The summed E-state index contributed by atoms with van der Waals surface area (Å²) in [6, 6.07) is 0.701. The fourth-order valence-electron chi connectivity index (χ4n) is 2.10. The van der Waals surface area contributed by atoms with Crippen molar-refractivity contribution in [2.75, 3.05) is 20.3 Å². The molecule has 0 saturated carbocycles. The minimum Gasteiger partial charge on any atom is -0.381 e. The van der Waals surface area contributed by atoms with Crippen molar-refractivity contribution in [2.45, 2.75) is 38.6 Å². The maximum Gasteiger partial charge on any atom is 0.0469 e. The standard InChI is InChI=1S/C10H21NO/c1-3-10(11-2)9-5-4-7-12-8-6-9/h9-11H,3-8H2,1-2H3. The first-order chi connectivity index (χ1) is 5.88. The smallest absolute Gasteiger partial charge is 0.0469 e. The van der Waals surface area contributed by atoms with Gasteiger partial charge in [-0.15, -0.1) is 0 Å². The number of ether oxygens (including phenoxy) is 1. The summed E-state index contributed by atoms with van der Waals surface area (Å²) in [5.41, 5.74) is 0. The molecule has 1 rings (SSSR count). The molecule has 2 unspecified atom stereocenters. The van der Waals surface area contributed by atoms with Gasteiger partial charge >= 0.3 is 0 Å². The Morgan fingerprint density at radius 2 is 2.25 bits per heavy atom. The first-order valence-corrected chi connectivity index (χ1v) is 5.13. The predicted molar refractivity (Wildman–Crippen MR) is 51.3 cm³/mol. The predicted octanol–water partition coefficient (Wildman–Crippen LogP) is 1.80. The lowest BCUT2D eigenvalue weighted by molar-refractivity contribution is 0.139. The Morgan fingerprint density at radius 1 is 1.42 bits per heavy atom. The van der Waals surface area contributed by atoms with Gasteiger partial charge in [-0.3, -0.25) is 0 Å². The Balaban J connectivity index is 2.35. The SMILES string of the molecule is CCC(NC)C1CCCOCC1. The Morgan fingerprint density at radius 3 is 2.92 bits per heavy atom. The maximum atomic E-state index is 5.44. The minimum absolute atomic E-state index is 0.701. The molecule has 0 aromatic rings. The van der Waals surface area contributed by atoms with Crippen LogP contribution >= 0.6 is 0 Å². The Bertz CT molecular complexity index is 104. The van der Waals surface area contributed by atoms with E-state index < -0.39 is 0 Å². The van der Waals surface area contributed by atoms with Gasteiger partial charge in [0.1, 0.15) is 0 Å². The molecular weight excluding hydrogens is 150 g/mol. The highest BCUT2D eigenvalue weighted by molar-refractivity contribution is 4.75. The summed E-state index contributed by atoms with van der Waals surface area (Å²) in [7, 11) is 2.07. The van der Waals surface area contributed by atoms with Gasteiger partial charge in [0, 0.05) is 19.3 Å². The molecule has 1 heterocycles. The number of nitrogens with one attached hydrogen (secondary N) is 1. The van der Waals surface area contributed by atoms with E-state index in [9.17, 15) is 0 Å². The molecule has 1 fully saturated rings. The average Bonchev–Trinajstić information content (AvgIpc) is 2.35. The largest absolute Gasteiger partial charge is 0.381 e. The van der Waals surface area contributed by atoms with Gasteiger partial charge < -0.3 is 10.1 Å². The molecule has 1 aliphatic heterocycles. The van der Waals surface area contributed by atoms with Crippen molar-refractivity contribution in [3.63, 3.8) is 0 Å². The number of hydrogen-bond donors (Lipinski definition) is 1. The summed E-state index contributed by atoms with van der Waals surface area (Å²) in [6.45, 7) is 4.19. The Kier molecular flexibility index (Phi) is 4.62. The second-order valence-electron chi connectivity index (χ2n) is 3.61. The van der Waals surface area contributed by atoms with E-state index in [0.29, 0.717) is 6.04 Å². The van der Waals surface area contributed by atoms with Crippen LogP contribution in [-0.2, 0) is 4.74 Å². The van der Waals surface area contributed by atoms with E-state index in [1.807, 2.05) is 0 Å². The van der Waals surface area contributed by atoms with Crippen molar-refractivity contribution in [1.29, 1.82) is 0 Å². The highest BCUT2D eigenvalue weighted by Gasteiger charge is 2.19. The molecule has 0 amide bonds. The van der Waals surface area contributed by atoms with Crippen LogP contribution in [0, 0.1) is 5.92 Å². The van der Waals surface area contributed by atoms with E-state index in [1.54, 1.807) is 0 Å². The third-order valence-corrected chi connectivity index (χ3v) is 2.88. The molecule has 72 valence electrons. The lowest BCUT2D eigenvalue weighted by Crippen LogP contribution is -2.33. The zero-order chi connectivity index (χ0) is 8.81. The zero-order valence-corrected chi connectivity index (χ0v) is 8.31. The van der Waals surface area contributed by atoms with Gasteiger partial charge in [0.15, 0.2) is 0 Å². The molecule has 12 heavy (non-hydrogen) atoms. The van der Waals surface area contributed by atoms with Crippen LogP contribution in [0.3, 0.4) is 0 Å². The molecule has 1 saturated heterocycles. The third-order valence-electron chi connectivity index (χ3n) is 2.88.